The Morgan fingerprint density at radius 3 is 2.37 bits per heavy atom. The lowest BCUT2D eigenvalue weighted by atomic mass is 10.2. The minimum absolute atomic E-state index is 0.000214. The van der Waals surface area contributed by atoms with E-state index in [9.17, 15) is 30.1 Å². The first kappa shape index (κ1) is 19.8. The van der Waals surface area contributed by atoms with Crippen LogP contribution in [-0.2, 0) is 10.5 Å². The van der Waals surface area contributed by atoms with Gasteiger partial charge in [-0.3, -0.25) is 25.0 Å². The molecule has 0 aliphatic rings. The maximum absolute atomic E-state index is 11.7. The highest BCUT2D eigenvalue weighted by Crippen LogP contribution is 2.21. The fourth-order valence-electron chi connectivity index (χ4n) is 1.94. The Bertz CT molecular complexity index is 885. The summed E-state index contributed by atoms with van der Waals surface area (Å²) in [5.41, 5.74) is 2.98. The molecule has 1 amide bonds. The van der Waals surface area contributed by atoms with Crippen LogP contribution in [-0.4, -0.2) is 32.8 Å². The molecule has 0 saturated heterocycles. The molecule has 0 aromatic heterocycles. The number of nitrogens with zero attached hydrogens (tertiary/aromatic N) is 3. The fourth-order valence-corrected chi connectivity index (χ4v) is 2.72. The highest BCUT2D eigenvalue weighted by atomic mass is 32.2. The Morgan fingerprint density at radius 2 is 1.74 bits per heavy atom. The molecule has 10 nitrogen and oxygen atoms in total. The van der Waals surface area contributed by atoms with Crippen LogP contribution in [0.25, 0.3) is 0 Å². The van der Waals surface area contributed by atoms with Crippen LogP contribution in [0.5, 0.6) is 5.75 Å². The van der Waals surface area contributed by atoms with Crippen molar-refractivity contribution in [1.29, 1.82) is 0 Å². The van der Waals surface area contributed by atoms with E-state index in [2.05, 4.69) is 10.5 Å². The van der Waals surface area contributed by atoms with Crippen LogP contribution in [0.15, 0.2) is 47.6 Å². The van der Waals surface area contributed by atoms with Crippen LogP contribution < -0.4 is 5.43 Å². The Labute approximate surface area is 157 Å². The van der Waals surface area contributed by atoms with E-state index in [1.54, 1.807) is 12.1 Å². The van der Waals surface area contributed by atoms with Crippen molar-refractivity contribution in [1.82, 2.24) is 5.43 Å². The molecule has 0 bridgehead atoms. The first-order valence-corrected chi connectivity index (χ1v) is 8.62. The Hall–Kier alpha value is -3.47. The number of phenolic OH excluding ortho intramolecular Hbond substituents is 1. The highest BCUT2D eigenvalue weighted by molar-refractivity contribution is 7.99. The number of phenols is 1. The van der Waals surface area contributed by atoms with Crippen molar-refractivity contribution in [2.75, 3.05) is 5.75 Å². The van der Waals surface area contributed by atoms with Crippen LogP contribution in [0.3, 0.4) is 0 Å². The van der Waals surface area contributed by atoms with Crippen LogP contribution in [0.1, 0.15) is 11.1 Å². The third-order valence-corrected chi connectivity index (χ3v) is 4.27. The molecule has 140 valence electrons. The van der Waals surface area contributed by atoms with E-state index in [1.807, 2.05) is 0 Å². The summed E-state index contributed by atoms with van der Waals surface area (Å²) in [6, 6.07) is 9.48. The molecule has 2 rings (SSSR count). The number of thioether (sulfide) groups is 1. The molecule has 11 heteroatoms. The van der Waals surface area contributed by atoms with Crippen molar-refractivity contribution < 1.29 is 19.7 Å². The van der Waals surface area contributed by atoms with Gasteiger partial charge in [0, 0.05) is 35.6 Å². The van der Waals surface area contributed by atoms with E-state index in [0.29, 0.717) is 5.75 Å². The third kappa shape index (κ3) is 6.08. The Balaban J connectivity index is 1.81. The lowest BCUT2D eigenvalue weighted by Crippen LogP contribution is -2.19. The molecule has 0 saturated carbocycles. The summed E-state index contributed by atoms with van der Waals surface area (Å²) in [7, 11) is 0. The van der Waals surface area contributed by atoms with Crippen molar-refractivity contribution in [2.45, 2.75) is 5.75 Å². The minimum atomic E-state index is -0.607. The van der Waals surface area contributed by atoms with Gasteiger partial charge in [0.15, 0.2) is 0 Å². The zero-order valence-electron chi connectivity index (χ0n) is 13.8. The van der Waals surface area contributed by atoms with Gasteiger partial charge in [-0.25, -0.2) is 5.43 Å². The normalized spacial score (nSPS) is 10.7. The van der Waals surface area contributed by atoms with Gasteiger partial charge in [-0.1, -0.05) is 12.1 Å². The quantitative estimate of drug-likeness (QED) is 0.400. The first-order valence-electron chi connectivity index (χ1n) is 7.47. The fraction of sp³-hybridized carbons (Fsp3) is 0.125. The summed E-state index contributed by atoms with van der Waals surface area (Å²) in [5, 5.41) is 34.6. The number of nitro benzene ring substituents is 2. The summed E-state index contributed by atoms with van der Waals surface area (Å²) in [5.74, 6) is -0.0232. The summed E-state index contributed by atoms with van der Waals surface area (Å²) < 4.78 is 0. The predicted molar refractivity (Wildman–Crippen MR) is 99.8 cm³/mol. The number of rotatable bonds is 8. The standard InChI is InChI=1S/C16H14N4O6S/c21-15-6-5-14(20(25)26)7-12(15)8-17-18-16(22)10-27-9-11-1-3-13(4-2-11)19(23)24/h1-8,21H,9-10H2,(H,18,22)/b17-8-. The zero-order chi connectivity index (χ0) is 19.8. The second-order valence-electron chi connectivity index (χ2n) is 5.21. The van der Waals surface area contributed by atoms with E-state index >= 15 is 0 Å². The second kappa shape index (κ2) is 9.29. The molecule has 0 aliphatic carbocycles. The van der Waals surface area contributed by atoms with Gasteiger partial charge in [-0.2, -0.15) is 5.10 Å². The van der Waals surface area contributed by atoms with Crippen molar-refractivity contribution in [2.24, 2.45) is 5.10 Å². The molecule has 0 unspecified atom stereocenters. The van der Waals surface area contributed by atoms with E-state index in [4.69, 9.17) is 0 Å². The molecule has 2 aromatic carbocycles. The van der Waals surface area contributed by atoms with Gasteiger partial charge in [0.05, 0.1) is 21.8 Å². The second-order valence-corrected chi connectivity index (χ2v) is 6.20. The van der Waals surface area contributed by atoms with Gasteiger partial charge in [0.1, 0.15) is 5.75 Å². The van der Waals surface area contributed by atoms with E-state index < -0.39 is 15.8 Å². The zero-order valence-corrected chi connectivity index (χ0v) is 14.6. The number of non-ortho nitro benzene ring substituents is 2. The average molecular weight is 390 g/mol. The van der Waals surface area contributed by atoms with Gasteiger partial charge in [-0.05, 0) is 11.6 Å². The van der Waals surface area contributed by atoms with Crippen molar-refractivity contribution in [3.63, 3.8) is 0 Å². The molecular weight excluding hydrogens is 376 g/mol. The van der Waals surface area contributed by atoms with Gasteiger partial charge in [0.25, 0.3) is 11.4 Å². The summed E-state index contributed by atoms with van der Waals surface area (Å²) >= 11 is 1.29. The van der Waals surface area contributed by atoms with Gasteiger partial charge >= 0.3 is 0 Å². The largest absolute Gasteiger partial charge is 0.507 e. The number of carbonyl (C=O) groups is 1. The molecule has 0 heterocycles. The van der Waals surface area contributed by atoms with E-state index in [0.717, 1.165) is 23.9 Å². The first-order chi connectivity index (χ1) is 12.9. The lowest BCUT2D eigenvalue weighted by molar-refractivity contribution is -0.385. The van der Waals surface area contributed by atoms with Crippen LogP contribution in [0, 0.1) is 20.2 Å². The number of hydrazone groups is 1. The summed E-state index contributed by atoms with van der Waals surface area (Å²) in [6.07, 6.45) is 1.11. The molecule has 2 N–H and O–H groups in total. The smallest absolute Gasteiger partial charge is 0.270 e. The number of benzene rings is 2. The SMILES string of the molecule is O=C(CSCc1ccc([N+](=O)[O-])cc1)N/N=C\c1cc([N+](=O)[O-])ccc1O. The molecule has 0 spiro atoms. The van der Waals surface area contributed by atoms with Gasteiger partial charge in [0.2, 0.25) is 5.91 Å². The Morgan fingerprint density at radius 1 is 1.11 bits per heavy atom. The molecule has 0 aliphatic heterocycles. The maximum atomic E-state index is 11.7. The number of nitro groups is 2. The molecule has 0 radical (unpaired) electrons. The van der Waals surface area contributed by atoms with E-state index in [1.165, 1.54) is 30.0 Å². The third-order valence-electron chi connectivity index (χ3n) is 3.26. The van der Waals surface area contributed by atoms with Crippen molar-refractivity contribution in [3.8, 4) is 5.75 Å². The van der Waals surface area contributed by atoms with Crippen molar-refractivity contribution >= 4 is 35.3 Å². The number of carbonyl (C=O) groups excluding carboxylic acids is 1. The van der Waals surface area contributed by atoms with Crippen LogP contribution in [0.4, 0.5) is 11.4 Å². The highest BCUT2D eigenvalue weighted by Gasteiger charge is 2.09. The summed E-state index contributed by atoms with van der Waals surface area (Å²) in [6.45, 7) is 0. The number of aromatic hydroxyl groups is 1. The van der Waals surface area contributed by atoms with Gasteiger partial charge < -0.3 is 5.11 Å². The summed E-state index contributed by atoms with van der Waals surface area (Å²) in [4.78, 5) is 31.9. The molecule has 27 heavy (non-hydrogen) atoms. The minimum Gasteiger partial charge on any atom is -0.507 e. The van der Waals surface area contributed by atoms with E-state index in [-0.39, 0.29) is 28.4 Å². The number of hydrogen-bond donors (Lipinski definition) is 2. The van der Waals surface area contributed by atoms with Crippen LogP contribution in [0.2, 0.25) is 0 Å². The molecular formula is C16H14N4O6S. The number of nitrogens with one attached hydrogen (secondary N) is 1. The van der Waals surface area contributed by atoms with Crippen molar-refractivity contribution in [3.05, 3.63) is 73.8 Å². The van der Waals surface area contributed by atoms with Crippen LogP contribution >= 0.6 is 11.8 Å². The topological polar surface area (TPSA) is 148 Å². The predicted octanol–water partition coefficient (Wildman–Crippen LogP) is 2.59. The average Bonchev–Trinajstić information content (AvgIpc) is 2.63. The lowest BCUT2D eigenvalue weighted by Gasteiger charge is -2.02. The van der Waals surface area contributed by atoms with Gasteiger partial charge in [-0.15, -0.1) is 11.8 Å². The maximum Gasteiger partial charge on any atom is 0.270 e. The Kier molecular flexibility index (Phi) is 6.83. The molecule has 2 aromatic rings. The number of hydrogen-bond acceptors (Lipinski definition) is 8. The molecule has 0 fully saturated rings. The monoisotopic (exact) mass is 390 g/mol. The molecule has 0 atom stereocenters. The number of amides is 1.